The van der Waals surface area contributed by atoms with Gasteiger partial charge in [-0.15, -0.1) is 0 Å². The smallest absolute Gasteiger partial charge is 0.374 e. The van der Waals surface area contributed by atoms with Gasteiger partial charge in [-0.1, -0.05) is 121 Å². The van der Waals surface area contributed by atoms with Crippen LogP contribution in [0.2, 0.25) is 0 Å². The Bertz CT molecular complexity index is 1410. The van der Waals surface area contributed by atoms with Crippen LogP contribution in [-0.2, 0) is 69.1 Å². The molecule has 0 spiro atoms. The van der Waals surface area contributed by atoms with E-state index in [0.717, 1.165) is 22.3 Å². The Balaban J connectivity index is 1.40. The molecule has 0 radical (unpaired) electrons. The van der Waals surface area contributed by atoms with Crippen molar-refractivity contribution in [3.05, 3.63) is 144 Å². The molecule has 0 aliphatic carbocycles. The van der Waals surface area contributed by atoms with Gasteiger partial charge in [0, 0.05) is 0 Å². The predicted octanol–water partition coefficient (Wildman–Crippen LogP) is 6.86. The van der Waals surface area contributed by atoms with E-state index in [0.29, 0.717) is 0 Å². The van der Waals surface area contributed by atoms with Crippen LogP contribution in [0, 0.1) is 0 Å². The third kappa shape index (κ3) is 15.6. The van der Waals surface area contributed by atoms with Gasteiger partial charge in [-0.25, -0.2) is 0 Å². The summed E-state index contributed by atoms with van der Waals surface area (Å²) in [6.45, 7) is -0.135. The van der Waals surface area contributed by atoms with E-state index in [1.54, 1.807) is 0 Å². The summed E-state index contributed by atoms with van der Waals surface area (Å²) in [7, 11) is -5.99. The van der Waals surface area contributed by atoms with Gasteiger partial charge in [0.2, 0.25) is 0 Å². The lowest BCUT2D eigenvalue weighted by Crippen LogP contribution is -2.39. The zero-order chi connectivity index (χ0) is 36.2. The largest absolute Gasteiger partial charge is 0.523 e. The average Bonchev–Trinajstić information content (AvgIpc) is 3.13. The summed E-state index contributed by atoms with van der Waals surface area (Å²) in [6.07, 6.45) is -3.24. The van der Waals surface area contributed by atoms with Gasteiger partial charge in [0.05, 0.1) is 66.1 Å². The molecule has 0 bridgehead atoms. The van der Waals surface area contributed by atoms with Crippen molar-refractivity contribution in [2.24, 2.45) is 0 Å². The molecule has 0 saturated carbocycles. The number of rotatable bonds is 24. The summed E-state index contributed by atoms with van der Waals surface area (Å²) in [5, 5.41) is 0. The first-order chi connectivity index (χ1) is 24.7. The highest BCUT2D eigenvalue weighted by Gasteiger charge is 2.48. The first kappa shape index (κ1) is 40.1. The number of benzene rings is 4. The molecule has 4 aromatic rings. The minimum absolute atomic E-state index is 0.00651. The second kappa shape index (κ2) is 21.6. The second-order valence-electron chi connectivity index (χ2n) is 11.5. The molecule has 0 fully saturated rings. The highest BCUT2D eigenvalue weighted by Crippen LogP contribution is 2.26. The molecule has 13 heteroatoms. The summed E-state index contributed by atoms with van der Waals surface area (Å²) >= 11 is 0. The van der Waals surface area contributed by atoms with Crippen LogP contribution >= 0.6 is 0 Å². The molecule has 276 valence electrons. The maximum Gasteiger partial charge on any atom is 0.523 e. The molecule has 0 heterocycles. The van der Waals surface area contributed by atoms with E-state index in [1.165, 1.54) is 0 Å². The maximum absolute atomic E-state index is 13.4. The quantitative estimate of drug-likeness (QED) is 0.0566. The van der Waals surface area contributed by atoms with Crippen molar-refractivity contribution in [3.8, 4) is 0 Å². The molecule has 0 aliphatic rings. The lowest BCUT2D eigenvalue weighted by atomic mass is 10.2. The molecule has 4 rings (SSSR count). The minimum atomic E-state index is -5.99. The van der Waals surface area contributed by atoms with E-state index < -0.39 is 47.2 Å². The molecule has 0 unspecified atom stereocenters. The Morgan fingerprint density at radius 1 is 0.431 bits per heavy atom. The van der Waals surface area contributed by atoms with Crippen molar-refractivity contribution in [2.75, 3.05) is 39.6 Å². The maximum atomic E-state index is 13.4. The molecular weight excluding hydrogens is 689 g/mol. The highest BCUT2D eigenvalue weighted by atomic mass is 32.2. The van der Waals surface area contributed by atoms with Crippen molar-refractivity contribution in [3.63, 3.8) is 0 Å². The zero-order valence-corrected chi connectivity index (χ0v) is 28.9. The molecular formula is C38H43F3O9S. The second-order valence-corrected chi connectivity index (χ2v) is 13.1. The van der Waals surface area contributed by atoms with Gasteiger partial charge in [-0.3, -0.25) is 4.18 Å². The monoisotopic (exact) mass is 732 g/mol. The van der Waals surface area contributed by atoms with E-state index in [-0.39, 0.29) is 52.9 Å². The van der Waals surface area contributed by atoms with Gasteiger partial charge in [0.1, 0.15) is 18.3 Å². The SMILES string of the molecule is O=S(=O)(OC(COC(COCc1ccccc1)COCc1ccccc1)COC(COCc1ccccc1)COCc1ccccc1)C(F)(F)F. The van der Waals surface area contributed by atoms with Crippen molar-refractivity contribution in [1.29, 1.82) is 0 Å². The van der Waals surface area contributed by atoms with Crippen LogP contribution in [-0.4, -0.2) is 71.9 Å². The number of ether oxygens (including phenoxy) is 6. The Morgan fingerprint density at radius 3 is 0.961 bits per heavy atom. The molecule has 0 aliphatic heterocycles. The van der Waals surface area contributed by atoms with Crippen LogP contribution in [0.4, 0.5) is 13.2 Å². The predicted molar refractivity (Wildman–Crippen MR) is 184 cm³/mol. The lowest BCUT2D eigenvalue weighted by molar-refractivity contribution is -0.118. The standard InChI is InChI=1S/C38H43F3O9S/c39-38(40,41)51(42,43)50-37(29-48-35(25-44-21-31-13-5-1-6-14-31)26-45-22-32-15-7-2-8-16-32)30-49-36(27-46-23-33-17-9-3-10-18-33)28-47-24-34-19-11-4-12-20-34/h1-20,35-37H,21-30H2. The van der Waals surface area contributed by atoms with Gasteiger partial charge in [-0.05, 0) is 22.3 Å². The number of alkyl halides is 3. The van der Waals surface area contributed by atoms with Crippen LogP contribution in [0.5, 0.6) is 0 Å². The first-order valence-electron chi connectivity index (χ1n) is 16.4. The first-order valence-corrected chi connectivity index (χ1v) is 17.8. The van der Waals surface area contributed by atoms with Crippen LogP contribution in [0.3, 0.4) is 0 Å². The van der Waals surface area contributed by atoms with Crippen LogP contribution in [0.15, 0.2) is 121 Å². The van der Waals surface area contributed by atoms with Crippen LogP contribution in [0.1, 0.15) is 22.3 Å². The van der Waals surface area contributed by atoms with Crippen LogP contribution < -0.4 is 0 Å². The molecule has 0 aromatic heterocycles. The summed E-state index contributed by atoms with van der Waals surface area (Å²) in [5.74, 6) is 0. The third-order valence-electron chi connectivity index (χ3n) is 7.24. The number of halogens is 3. The Morgan fingerprint density at radius 2 is 0.706 bits per heavy atom. The van der Waals surface area contributed by atoms with Crippen molar-refractivity contribution >= 4 is 10.1 Å². The molecule has 0 N–H and O–H groups in total. The van der Waals surface area contributed by atoms with Gasteiger partial charge >= 0.3 is 15.6 Å². The van der Waals surface area contributed by atoms with E-state index in [4.69, 9.17) is 28.4 Å². The van der Waals surface area contributed by atoms with Crippen molar-refractivity contribution in [2.45, 2.75) is 50.2 Å². The van der Waals surface area contributed by atoms with Gasteiger partial charge in [0.25, 0.3) is 0 Å². The Kier molecular flexibility index (Phi) is 17.0. The molecule has 9 nitrogen and oxygen atoms in total. The van der Waals surface area contributed by atoms with E-state index in [1.807, 2.05) is 121 Å². The Hall–Kier alpha value is -3.66. The summed E-state index contributed by atoms with van der Waals surface area (Å²) in [4.78, 5) is 0. The zero-order valence-electron chi connectivity index (χ0n) is 28.1. The van der Waals surface area contributed by atoms with Crippen LogP contribution in [0.25, 0.3) is 0 Å². The summed E-state index contributed by atoms with van der Waals surface area (Å²) in [5.41, 5.74) is -2.03. The fourth-order valence-corrected chi connectivity index (χ4v) is 5.22. The highest BCUT2D eigenvalue weighted by molar-refractivity contribution is 7.87. The summed E-state index contributed by atoms with van der Waals surface area (Å²) < 4.78 is 104. The van der Waals surface area contributed by atoms with E-state index in [9.17, 15) is 21.6 Å². The Labute approximate surface area is 297 Å². The van der Waals surface area contributed by atoms with E-state index >= 15 is 0 Å². The summed E-state index contributed by atoms with van der Waals surface area (Å²) in [6, 6.07) is 37.5. The lowest BCUT2D eigenvalue weighted by Gasteiger charge is -2.25. The topological polar surface area (TPSA) is 98.8 Å². The van der Waals surface area contributed by atoms with Gasteiger partial charge in [-0.2, -0.15) is 21.6 Å². The normalized spacial score (nSPS) is 12.3. The molecule has 51 heavy (non-hydrogen) atoms. The number of hydrogen-bond donors (Lipinski definition) is 0. The van der Waals surface area contributed by atoms with Crippen molar-refractivity contribution in [1.82, 2.24) is 0 Å². The molecule has 4 aromatic carbocycles. The van der Waals surface area contributed by atoms with E-state index in [2.05, 4.69) is 4.18 Å². The number of hydrogen-bond acceptors (Lipinski definition) is 9. The van der Waals surface area contributed by atoms with Crippen molar-refractivity contribution < 1.29 is 54.2 Å². The fraction of sp³-hybridized carbons (Fsp3) is 0.368. The molecule has 0 atom stereocenters. The third-order valence-corrected chi connectivity index (χ3v) is 8.34. The fourth-order valence-electron chi connectivity index (χ4n) is 4.64. The van der Waals surface area contributed by atoms with Gasteiger partial charge < -0.3 is 28.4 Å². The molecule has 0 saturated heterocycles. The molecule has 0 amide bonds. The minimum Gasteiger partial charge on any atom is -0.374 e. The van der Waals surface area contributed by atoms with Gasteiger partial charge in [0.15, 0.2) is 0 Å². The average molecular weight is 733 g/mol.